The van der Waals surface area contributed by atoms with E-state index >= 15 is 0 Å². The summed E-state index contributed by atoms with van der Waals surface area (Å²) >= 11 is 0. The average molecular weight is 325 g/mol. The fourth-order valence-corrected chi connectivity index (χ4v) is 3.39. The van der Waals surface area contributed by atoms with Crippen LogP contribution < -0.4 is 4.13 Å². The largest absolute Gasteiger partial charge is 0.448 e. The van der Waals surface area contributed by atoms with E-state index in [9.17, 15) is 47.6 Å². The number of halogens is 7. The summed E-state index contributed by atoms with van der Waals surface area (Å²) in [6.45, 7) is 0. The van der Waals surface area contributed by atoms with Crippen LogP contribution in [0.4, 0.5) is 30.7 Å². The van der Waals surface area contributed by atoms with Crippen LogP contribution in [0.1, 0.15) is 0 Å². The van der Waals surface area contributed by atoms with E-state index in [2.05, 4.69) is 0 Å². The van der Waals surface area contributed by atoms with E-state index in [-0.39, 0.29) is 11.3 Å². The normalized spacial score (nSPS) is 15.7. The Balaban J connectivity index is 6.12. The first kappa shape index (κ1) is 17.4. The van der Waals surface area contributed by atoms with Crippen molar-refractivity contribution >= 4 is 27.0 Å². The molecule has 0 saturated heterocycles. The molecule has 0 aliphatic heterocycles. The van der Waals surface area contributed by atoms with Crippen molar-refractivity contribution in [3.8, 4) is 0 Å². The average Bonchev–Trinajstić information content (AvgIpc) is 1.92. The molecule has 0 aromatic heterocycles. The van der Waals surface area contributed by atoms with Gasteiger partial charge in [-0.1, -0.05) is 0 Å². The number of rotatable bonds is 3. The van der Waals surface area contributed by atoms with Crippen molar-refractivity contribution in [2.24, 2.45) is 0 Å². The molecule has 0 aliphatic rings. The van der Waals surface area contributed by atoms with Crippen LogP contribution in [0.2, 0.25) is 0 Å². The lowest BCUT2D eigenvalue weighted by atomic mass is 10.3. The Morgan fingerprint density at radius 3 is 1.22 bits per heavy atom. The molecule has 1 N–H and O–H groups in total. The van der Waals surface area contributed by atoms with Crippen molar-refractivity contribution in [3.05, 3.63) is 0 Å². The van der Waals surface area contributed by atoms with E-state index in [1.54, 1.807) is 0 Å². The van der Waals surface area contributed by atoms with Gasteiger partial charge in [-0.15, -0.1) is 4.13 Å². The molecule has 0 bridgehead atoms. The maximum atomic E-state index is 12.9. The first-order valence-electron chi connectivity index (χ1n) is 3.51. The summed E-state index contributed by atoms with van der Waals surface area (Å²) in [6, 6.07) is 0. The highest BCUT2D eigenvalue weighted by Crippen LogP contribution is 2.49. The maximum absolute atomic E-state index is 12.9. The van der Waals surface area contributed by atoms with Crippen LogP contribution in [0.25, 0.3) is 0 Å². The Morgan fingerprint density at radius 1 is 0.778 bits per heavy atom. The predicted octanol–water partition coefficient (Wildman–Crippen LogP) is -0.426. The van der Waals surface area contributed by atoms with Gasteiger partial charge in [0.2, 0.25) is 0 Å². The lowest BCUT2D eigenvalue weighted by Gasteiger charge is -2.28. The second-order valence-electron chi connectivity index (χ2n) is 2.95. The Kier molecular flexibility index (Phi) is 4.09. The van der Waals surface area contributed by atoms with E-state index in [1.807, 2.05) is 0 Å². The minimum absolute atomic E-state index is 0.0214. The van der Waals surface area contributed by atoms with Crippen molar-refractivity contribution in [1.29, 1.82) is 0 Å². The Hall–Kier alpha value is -0.565. The van der Waals surface area contributed by atoms with Crippen LogP contribution in [0, 0.1) is 0 Å². The zero-order valence-corrected chi connectivity index (χ0v) is 9.73. The molecule has 0 heterocycles. The summed E-state index contributed by atoms with van der Waals surface area (Å²) in [6.07, 6.45) is -13.8. The summed E-state index contributed by atoms with van der Waals surface area (Å²) in [5.41, 5.74) is 0. The van der Waals surface area contributed by atoms with Gasteiger partial charge in [-0.05, 0) is 0 Å². The molecule has 0 amide bonds. The minimum Gasteiger partial charge on any atom is -0.225 e. The molecule has 0 aromatic rings. The van der Waals surface area contributed by atoms with Gasteiger partial charge < -0.3 is 0 Å². The lowest BCUT2D eigenvalue weighted by molar-refractivity contribution is -0.306. The van der Waals surface area contributed by atoms with Crippen LogP contribution in [0.5, 0.6) is 0 Å². The summed E-state index contributed by atoms with van der Waals surface area (Å²) < 4.78 is 127. The fourth-order valence-electron chi connectivity index (χ4n) is 0.722. The fraction of sp³-hybridized carbons (Fsp3) is 1.00. The Labute approximate surface area is 96.7 Å². The van der Waals surface area contributed by atoms with Gasteiger partial charge in [-0.3, -0.25) is 0 Å². The first-order chi connectivity index (χ1) is 7.46. The van der Waals surface area contributed by atoms with Crippen LogP contribution in [0.15, 0.2) is 0 Å². The van der Waals surface area contributed by atoms with Crippen molar-refractivity contribution in [1.82, 2.24) is 4.13 Å². The molecule has 0 saturated carbocycles. The molecule has 0 spiro atoms. The maximum Gasteiger partial charge on any atom is 0.448 e. The number of hydrogen-bond acceptors (Lipinski definition) is 4. The van der Waals surface area contributed by atoms with Gasteiger partial charge in [-0.2, -0.15) is 26.3 Å². The molecule has 0 aromatic carbocycles. The van der Waals surface area contributed by atoms with E-state index in [0.717, 1.165) is 0 Å². The van der Waals surface area contributed by atoms with E-state index < -0.39 is 37.3 Å². The minimum atomic E-state index is -6.95. The molecule has 0 radical (unpaired) electrons. The van der Waals surface area contributed by atoms with E-state index in [4.69, 9.17) is 0 Å². The molecular weight excluding hydrogens is 322 g/mol. The van der Waals surface area contributed by atoms with Crippen molar-refractivity contribution in [2.45, 2.75) is 17.4 Å². The molecular formula is C3H3BF7NO4S2. The summed E-state index contributed by atoms with van der Waals surface area (Å²) in [5, 5.41) is -6.74. The van der Waals surface area contributed by atoms with Crippen molar-refractivity contribution in [3.63, 3.8) is 0 Å². The smallest absolute Gasteiger partial charge is 0.225 e. The quantitative estimate of drug-likeness (QED) is 0.564. The lowest BCUT2D eigenvalue weighted by Crippen LogP contribution is -2.62. The summed E-state index contributed by atoms with van der Waals surface area (Å²) in [4.78, 5) is 0. The molecule has 0 aliphatic carbocycles. The molecule has 18 heavy (non-hydrogen) atoms. The zero-order chi connectivity index (χ0) is 15.2. The molecule has 108 valence electrons. The third kappa shape index (κ3) is 3.06. The number of nitrogens with one attached hydrogen (secondary N) is 1. The highest BCUT2D eigenvalue weighted by Gasteiger charge is 2.81. The molecule has 0 rings (SSSR count). The van der Waals surface area contributed by atoms with E-state index in [0.29, 0.717) is 0 Å². The van der Waals surface area contributed by atoms with Gasteiger partial charge in [-0.25, -0.2) is 21.2 Å². The molecule has 5 nitrogen and oxygen atoms in total. The second kappa shape index (κ2) is 4.23. The van der Waals surface area contributed by atoms with Crippen LogP contribution in [0.3, 0.4) is 0 Å². The number of sulfonamides is 1. The number of hydrogen-bond donors (Lipinski definition) is 1. The Morgan fingerprint density at radius 2 is 1.06 bits per heavy atom. The standard InChI is InChI=1S/C3H3BF7NO4S2/c4-18(15,16)12-17(13,14)1(5,2(6,7)8)3(9,10)11/h12H,4H2. The van der Waals surface area contributed by atoms with Gasteiger partial charge in [0.25, 0.3) is 17.1 Å². The van der Waals surface area contributed by atoms with Gasteiger partial charge in [0.15, 0.2) is 9.87 Å². The predicted molar refractivity (Wildman–Crippen MR) is 45.5 cm³/mol. The van der Waals surface area contributed by atoms with Crippen LogP contribution in [-0.2, 0) is 19.9 Å². The monoisotopic (exact) mass is 325 g/mol. The van der Waals surface area contributed by atoms with Crippen LogP contribution >= 0.6 is 0 Å². The first-order valence-corrected chi connectivity index (χ1v) is 6.88. The number of alkyl halides is 7. The van der Waals surface area contributed by atoms with Gasteiger partial charge >= 0.3 is 17.4 Å². The second-order valence-corrected chi connectivity index (χ2v) is 6.73. The third-order valence-electron chi connectivity index (χ3n) is 1.36. The summed E-state index contributed by atoms with van der Waals surface area (Å²) in [7, 11) is -12.1. The van der Waals surface area contributed by atoms with Crippen LogP contribution in [-0.4, -0.2) is 41.3 Å². The van der Waals surface area contributed by atoms with E-state index in [1.165, 1.54) is 0 Å². The molecule has 0 fully saturated rings. The van der Waals surface area contributed by atoms with Gasteiger partial charge in [0, 0.05) is 0 Å². The van der Waals surface area contributed by atoms with Crippen molar-refractivity contribution in [2.75, 3.05) is 0 Å². The Bertz CT molecular complexity index is 504. The van der Waals surface area contributed by atoms with Crippen molar-refractivity contribution < 1.29 is 47.6 Å². The third-order valence-corrected chi connectivity index (χ3v) is 4.65. The topological polar surface area (TPSA) is 80.3 Å². The molecule has 0 atom stereocenters. The SMILES string of the molecule is BS(=O)(=O)NS(=O)(=O)C(F)(C(F)(F)F)C(F)(F)F. The molecule has 0 unspecified atom stereocenters. The highest BCUT2D eigenvalue weighted by molar-refractivity contribution is 8.17. The van der Waals surface area contributed by atoms with Gasteiger partial charge in [0.1, 0.15) is 0 Å². The summed E-state index contributed by atoms with van der Waals surface area (Å²) in [5.74, 6) is 0. The van der Waals surface area contributed by atoms with Gasteiger partial charge in [0.05, 0.1) is 0 Å². The highest BCUT2D eigenvalue weighted by atomic mass is 32.3. The molecule has 15 heteroatoms. The zero-order valence-electron chi connectivity index (χ0n) is 8.10.